The smallest absolute Gasteiger partial charge is 0.266 e. The molecule has 3 aromatic carbocycles. The van der Waals surface area contributed by atoms with Crippen molar-refractivity contribution in [3.8, 4) is 11.5 Å². The average Bonchev–Trinajstić information content (AvgIpc) is 3.39. The number of carbonyl (C=O) groups is 2. The number of benzene rings is 3. The molecule has 0 spiro atoms. The summed E-state index contributed by atoms with van der Waals surface area (Å²) in [6.07, 6.45) is -0.246. The van der Waals surface area contributed by atoms with Gasteiger partial charge < -0.3 is 9.47 Å². The van der Waals surface area contributed by atoms with E-state index in [0.29, 0.717) is 29.4 Å². The molecule has 0 unspecified atom stereocenters. The summed E-state index contributed by atoms with van der Waals surface area (Å²) in [5.41, 5.74) is 1.32. The first-order chi connectivity index (χ1) is 17.0. The van der Waals surface area contributed by atoms with E-state index >= 15 is 0 Å². The number of hydrogen-bond acceptors (Lipinski definition) is 6. The topological polar surface area (TPSA) is 68.3 Å². The Labute approximate surface area is 202 Å². The second-order valence-electron chi connectivity index (χ2n) is 8.38. The fraction of sp³-hybridized carbons (Fsp3) is 0.259. The van der Waals surface area contributed by atoms with Crippen LogP contribution in [-0.2, 0) is 14.4 Å². The average molecular weight is 477 g/mol. The Balaban J connectivity index is 1.58. The van der Waals surface area contributed by atoms with Crippen LogP contribution in [0.4, 0.5) is 15.8 Å². The second kappa shape index (κ2) is 9.38. The molecular formula is C27H25FN2O5. The van der Waals surface area contributed by atoms with Gasteiger partial charge in [0.15, 0.2) is 17.6 Å². The Morgan fingerprint density at radius 3 is 2.40 bits per heavy atom. The minimum atomic E-state index is -1.09. The summed E-state index contributed by atoms with van der Waals surface area (Å²) in [5.74, 6) is -1.54. The van der Waals surface area contributed by atoms with Crippen LogP contribution in [0.1, 0.15) is 24.9 Å². The number of para-hydroxylation sites is 2. The van der Waals surface area contributed by atoms with Gasteiger partial charge in [-0.05, 0) is 48.4 Å². The summed E-state index contributed by atoms with van der Waals surface area (Å²) >= 11 is 0. The number of imide groups is 1. The summed E-state index contributed by atoms with van der Waals surface area (Å²) in [5, 5.41) is 1.59. The zero-order valence-corrected chi connectivity index (χ0v) is 19.4. The van der Waals surface area contributed by atoms with Gasteiger partial charge in [-0.25, -0.2) is 14.4 Å². The van der Waals surface area contributed by atoms with Crippen molar-refractivity contribution >= 4 is 23.2 Å². The zero-order chi connectivity index (χ0) is 24.5. The fourth-order valence-corrected chi connectivity index (χ4v) is 4.62. The summed E-state index contributed by atoms with van der Waals surface area (Å²) in [6, 6.07) is 19.7. The van der Waals surface area contributed by atoms with E-state index in [1.165, 1.54) is 18.2 Å². The molecule has 35 heavy (non-hydrogen) atoms. The molecule has 7 nitrogen and oxygen atoms in total. The predicted molar refractivity (Wildman–Crippen MR) is 128 cm³/mol. The number of fused-ring (bicyclic) bond motifs is 1. The molecule has 3 aromatic rings. The van der Waals surface area contributed by atoms with E-state index in [-0.39, 0.29) is 5.69 Å². The SMILES string of the molecule is CCCOc1ccc([C@H]2[C@H]3C(=O)N(c4ccccc4F)C(=O)[C@@H]3ON2c2ccccc2)cc1OC. The molecule has 2 saturated heterocycles. The van der Waals surface area contributed by atoms with E-state index in [2.05, 4.69) is 0 Å². The number of carbonyl (C=O) groups excluding carboxylic acids is 2. The van der Waals surface area contributed by atoms with Gasteiger partial charge in [0.2, 0.25) is 5.91 Å². The number of hydroxylamine groups is 1. The lowest BCUT2D eigenvalue weighted by Crippen LogP contribution is -2.37. The number of amides is 2. The number of halogens is 1. The Bertz CT molecular complexity index is 1250. The van der Waals surface area contributed by atoms with E-state index in [0.717, 1.165) is 11.3 Å². The minimum Gasteiger partial charge on any atom is -0.493 e. The molecule has 2 aliphatic heterocycles. The monoisotopic (exact) mass is 476 g/mol. The fourth-order valence-electron chi connectivity index (χ4n) is 4.62. The molecule has 2 fully saturated rings. The highest BCUT2D eigenvalue weighted by molar-refractivity contribution is 6.24. The van der Waals surface area contributed by atoms with Gasteiger partial charge in [0.05, 0.1) is 31.1 Å². The Morgan fingerprint density at radius 1 is 0.943 bits per heavy atom. The Kier molecular flexibility index (Phi) is 6.13. The molecule has 0 saturated carbocycles. The highest BCUT2D eigenvalue weighted by Gasteiger charge is 2.60. The summed E-state index contributed by atoms with van der Waals surface area (Å²) in [7, 11) is 1.55. The molecule has 8 heteroatoms. The Morgan fingerprint density at radius 2 is 1.69 bits per heavy atom. The van der Waals surface area contributed by atoms with Crippen LogP contribution in [0.2, 0.25) is 0 Å². The summed E-state index contributed by atoms with van der Waals surface area (Å²) < 4.78 is 25.9. The van der Waals surface area contributed by atoms with E-state index in [4.69, 9.17) is 14.3 Å². The quantitative estimate of drug-likeness (QED) is 0.462. The maximum atomic E-state index is 14.5. The molecule has 0 radical (unpaired) electrons. The van der Waals surface area contributed by atoms with Crippen LogP contribution in [0.15, 0.2) is 72.8 Å². The van der Waals surface area contributed by atoms with Crippen molar-refractivity contribution in [1.29, 1.82) is 0 Å². The van der Waals surface area contributed by atoms with Crippen LogP contribution in [0.5, 0.6) is 11.5 Å². The highest BCUT2D eigenvalue weighted by Crippen LogP contribution is 2.48. The van der Waals surface area contributed by atoms with Gasteiger partial charge in [-0.1, -0.05) is 43.3 Å². The van der Waals surface area contributed by atoms with Gasteiger partial charge >= 0.3 is 0 Å². The lowest BCUT2D eigenvalue weighted by molar-refractivity contribution is -0.126. The number of ether oxygens (including phenoxy) is 2. The van der Waals surface area contributed by atoms with Crippen LogP contribution in [0.25, 0.3) is 0 Å². The van der Waals surface area contributed by atoms with Crippen molar-refractivity contribution in [2.75, 3.05) is 23.7 Å². The normalized spacial score (nSPS) is 21.4. The number of methoxy groups -OCH3 is 1. The van der Waals surface area contributed by atoms with Crippen LogP contribution >= 0.6 is 0 Å². The summed E-state index contributed by atoms with van der Waals surface area (Å²) in [4.78, 5) is 34.0. The lowest BCUT2D eigenvalue weighted by Gasteiger charge is -2.29. The minimum absolute atomic E-state index is 0.0774. The molecule has 2 amide bonds. The van der Waals surface area contributed by atoms with Crippen LogP contribution < -0.4 is 19.4 Å². The Hall–Kier alpha value is -3.91. The van der Waals surface area contributed by atoms with Crippen molar-refractivity contribution in [3.05, 3.63) is 84.2 Å². The first-order valence-electron chi connectivity index (χ1n) is 11.5. The molecule has 2 aliphatic rings. The van der Waals surface area contributed by atoms with Gasteiger partial charge in [0.1, 0.15) is 11.7 Å². The lowest BCUT2D eigenvalue weighted by atomic mass is 9.90. The summed E-state index contributed by atoms with van der Waals surface area (Å²) in [6.45, 7) is 2.55. The van der Waals surface area contributed by atoms with E-state index in [1.807, 2.05) is 43.3 Å². The molecule has 0 N–H and O–H groups in total. The molecule has 2 heterocycles. The largest absolute Gasteiger partial charge is 0.493 e. The first-order valence-corrected chi connectivity index (χ1v) is 11.5. The number of rotatable bonds is 7. The molecular weight excluding hydrogens is 451 g/mol. The second-order valence-corrected chi connectivity index (χ2v) is 8.38. The number of nitrogens with zero attached hydrogens (tertiary/aromatic N) is 2. The van der Waals surface area contributed by atoms with Crippen LogP contribution in [0.3, 0.4) is 0 Å². The third-order valence-electron chi connectivity index (χ3n) is 6.21. The maximum absolute atomic E-state index is 14.5. The van der Waals surface area contributed by atoms with Crippen molar-refractivity contribution in [2.24, 2.45) is 5.92 Å². The third-order valence-corrected chi connectivity index (χ3v) is 6.21. The standard InChI is InChI=1S/C27H25FN2O5/c1-3-15-34-21-14-13-17(16-22(21)33-2)24-23-25(35-30(24)18-9-5-4-6-10-18)27(32)29(26(23)31)20-12-8-7-11-19(20)28/h4-14,16,23-25H,3,15H2,1-2H3/t23-,24+,25-/m1/s1. The molecule has 0 aliphatic carbocycles. The van der Waals surface area contributed by atoms with Crippen molar-refractivity contribution in [1.82, 2.24) is 0 Å². The number of hydrogen-bond donors (Lipinski definition) is 0. The molecule has 3 atom stereocenters. The number of anilines is 2. The van der Waals surface area contributed by atoms with Crippen molar-refractivity contribution < 1.29 is 28.3 Å². The molecule has 0 bridgehead atoms. The van der Waals surface area contributed by atoms with Crippen LogP contribution in [0, 0.1) is 11.7 Å². The third kappa shape index (κ3) is 3.89. The molecule has 5 rings (SSSR count). The van der Waals surface area contributed by atoms with Gasteiger partial charge in [0.25, 0.3) is 5.91 Å². The zero-order valence-electron chi connectivity index (χ0n) is 19.4. The maximum Gasteiger partial charge on any atom is 0.266 e. The molecule has 0 aromatic heterocycles. The van der Waals surface area contributed by atoms with Gasteiger partial charge in [-0.2, -0.15) is 0 Å². The van der Waals surface area contributed by atoms with Crippen molar-refractivity contribution in [3.63, 3.8) is 0 Å². The van der Waals surface area contributed by atoms with Crippen LogP contribution in [-0.4, -0.2) is 31.6 Å². The highest BCUT2D eigenvalue weighted by atomic mass is 19.1. The van der Waals surface area contributed by atoms with Gasteiger partial charge in [0, 0.05) is 0 Å². The van der Waals surface area contributed by atoms with E-state index in [9.17, 15) is 14.0 Å². The van der Waals surface area contributed by atoms with E-state index < -0.39 is 35.7 Å². The van der Waals surface area contributed by atoms with E-state index in [1.54, 1.807) is 30.4 Å². The van der Waals surface area contributed by atoms with Gasteiger partial charge in [-0.3, -0.25) is 14.4 Å². The van der Waals surface area contributed by atoms with Crippen molar-refractivity contribution in [2.45, 2.75) is 25.5 Å². The van der Waals surface area contributed by atoms with Gasteiger partial charge in [-0.15, -0.1) is 0 Å². The predicted octanol–water partition coefficient (Wildman–Crippen LogP) is 4.67. The first kappa shape index (κ1) is 22.9. The molecule has 180 valence electrons.